The monoisotopic (exact) mass is 859 g/mol. The van der Waals surface area contributed by atoms with E-state index in [2.05, 4.69) is 75.2 Å². The van der Waals surface area contributed by atoms with Gasteiger partial charge in [-0.25, -0.2) is 4.79 Å². The van der Waals surface area contributed by atoms with Crippen molar-refractivity contribution in [3.63, 3.8) is 0 Å². The third kappa shape index (κ3) is 10.9. The lowest BCUT2D eigenvalue weighted by molar-refractivity contribution is -0.169. The summed E-state index contributed by atoms with van der Waals surface area (Å²) in [6, 6.07) is 23.0. The van der Waals surface area contributed by atoms with Crippen molar-refractivity contribution in [2.24, 2.45) is 0 Å². The van der Waals surface area contributed by atoms with E-state index in [1.165, 1.54) is 34.3 Å². The summed E-state index contributed by atoms with van der Waals surface area (Å²) in [5.74, 6) is 0.304. The number of phenols is 1. The Bertz CT molecular complexity index is 2120. The molecule has 0 spiro atoms. The van der Waals surface area contributed by atoms with Crippen LogP contribution in [0.15, 0.2) is 88.4 Å². The molecule has 0 bridgehead atoms. The molecule has 0 aliphatic heterocycles. The maximum absolute atomic E-state index is 13.4. The van der Waals surface area contributed by atoms with E-state index in [4.69, 9.17) is 13.9 Å². The van der Waals surface area contributed by atoms with Crippen LogP contribution in [0.4, 0.5) is 0 Å². The second kappa shape index (κ2) is 19.3. The molecule has 1 unspecified atom stereocenters. The van der Waals surface area contributed by atoms with Crippen LogP contribution in [-0.4, -0.2) is 79.3 Å². The number of carbonyl (C=O) groups is 1. The number of esters is 1. The Morgan fingerprint density at radius 2 is 1.63 bits per heavy atom. The van der Waals surface area contributed by atoms with E-state index in [0.29, 0.717) is 34.5 Å². The van der Waals surface area contributed by atoms with Crippen molar-refractivity contribution >= 4 is 47.9 Å². The molecule has 1 saturated carbocycles. The Morgan fingerprint density at radius 1 is 0.966 bits per heavy atom. The number of rotatable bonds is 18. The number of carbonyl (C=O) groups excluding carboxylic acids is 1. The number of nitrogens with zero attached hydrogens (tertiary/aromatic N) is 1. The summed E-state index contributed by atoms with van der Waals surface area (Å²) in [6.45, 7) is 15.4. The molecule has 10 nitrogen and oxygen atoms in total. The number of hydrogen-bond acceptors (Lipinski definition) is 11. The average Bonchev–Trinajstić information content (AvgIpc) is 3.95. The SMILES string of the molecule is CC(Cc1ccc(OCCCN(C)[C@H]2CC[C@H](OC(=O)C(O)(c3cccs3)c3cccs3)CC2)cc1)NC[C@H](O[Si](C)(C)C(C)(C)C)c1ccc(O)c2[nH]c(=O)ccc12. The number of thiophene rings is 2. The van der Waals surface area contributed by atoms with E-state index >= 15 is 0 Å². The van der Waals surface area contributed by atoms with Gasteiger partial charge in [0.15, 0.2) is 8.32 Å². The number of aromatic amines is 1. The first-order valence-corrected chi connectivity index (χ1v) is 25.4. The van der Waals surface area contributed by atoms with Crippen LogP contribution in [0, 0.1) is 0 Å². The molecule has 6 rings (SSSR count). The molecule has 59 heavy (non-hydrogen) atoms. The molecule has 318 valence electrons. The van der Waals surface area contributed by atoms with Gasteiger partial charge in [0.25, 0.3) is 0 Å². The summed E-state index contributed by atoms with van der Waals surface area (Å²) in [4.78, 5) is 31.9. The summed E-state index contributed by atoms with van der Waals surface area (Å²) in [5, 5.41) is 30.3. The summed E-state index contributed by atoms with van der Waals surface area (Å²) < 4.78 is 19.1. The highest BCUT2D eigenvalue weighted by Gasteiger charge is 2.45. The molecule has 1 aliphatic carbocycles. The first-order valence-electron chi connectivity index (χ1n) is 20.7. The minimum atomic E-state index is -2.18. The normalized spacial score (nSPS) is 17.6. The zero-order valence-electron chi connectivity index (χ0n) is 35.5. The minimum Gasteiger partial charge on any atom is -0.506 e. The first kappa shape index (κ1) is 44.7. The number of aromatic hydroxyl groups is 1. The van der Waals surface area contributed by atoms with Gasteiger partial charge < -0.3 is 39.3 Å². The number of fused-ring (bicyclic) bond motifs is 1. The van der Waals surface area contributed by atoms with Gasteiger partial charge in [-0.1, -0.05) is 51.1 Å². The van der Waals surface area contributed by atoms with E-state index in [1.54, 1.807) is 24.3 Å². The largest absolute Gasteiger partial charge is 0.506 e. The molecular weight excluding hydrogens is 799 g/mol. The van der Waals surface area contributed by atoms with Crippen molar-refractivity contribution in [3.05, 3.63) is 115 Å². The Hall–Kier alpha value is -3.82. The smallest absolute Gasteiger partial charge is 0.349 e. The van der Waals surface area contributed by atoms with Crippen LogP contribution in [0.2, 0.25) is 18.1 Å². The van der Waals surface area contributed by atoms with Gasteiger partial charge in [0.1, 0.15) is 17.6 Å². The number of hydrogen-bond donors (Lipinski definition) is 4. The van der Waals surface area contributed by atoms with Gasteiger partial charge in [0, 0.05) is 36.6 Å². The third-order valence-electron chi connectivity index (χ3n) is 12.1. The molecule has 3 aromatic heterocycles. The molecule has 2 aromatic carbocycles. The molecule has 4 N–H and O–H groups in total. The highest BCUT2D eigenvalue weighted by molar-refractivity contribution is 7.12. The molecule has 1 fully saturated rings. The van der Waals surface area contributed by atoms with E-state index in [1.807, 2.05) is 41.1 Å². The van der Waals surface area contributed by atoms with Crippen molar-refractivity contribution in [2.45, 2.75) is 114 Å². The van der Waals surface area contributed by atoms with E-state index in [-0.39, 0.29) is 34.6 Å². The lowest BCUT2D eigenvalue weighted by atomic mass is 9.91. The van der Waals surface area contributed by atoms with Crippen LogP contribution >= 0.6 is 22.7 Å². The standard InChI is InChI=1S/C46H61N3O7S2Si/c1-31(47-30-39(56-59(6,7)45(2,3)4)36-21-23-38(50)43-37(36)22-24-42(51)48-43)29-32-13-17-34(18-14-32)54-26-10-25-49(5)33-15-19-35(20-16-33)55-44(52)46(53,40-11-8-27-57-40)41-12-9-28-58-41/h8-9,11-14,17-18,21-24,27-28,31,33,35,39,47,50,53H,10,15-16,19-20,25-26,29-30H2,1-7H3,(H,48,51)/t31?,33-,35-,39-/m0/s1. The number of ether oxygens (including phenoxy) is 2. The molecule has 3 heterocycles. The lowest BCUT2D eigenvalue weighted by Crippen LogP contribution is -2.44. The quantitative estimate of drug-likeness (QED) is 0.0387. The minimum absolute atomic E-state index is 0.00272. The summed E-state index contributed by atoms with van der Waals surface area (Å²) in [6.07, 6.45) is 4.64. The Morgan fingerprint density at radius 3 is 2.24 bits per heavy atom. The predicted octanol–water partition coefficient (Wildman–Crippen LogP) is 9.13. The number of pyridine rings is 1. The van der Waals surface area contributed by atoms with Gasteiger partial charge in [0.05, 0.1) is 28.0 Å². The Kier molecular flexibility index (Phi) is 14.6. The molecule has 0 amide bonds. The molecule has 5 aromatic rings. The van der Waals surface area contributed by atoms with Crippen molar-refractivity contribution in [1.29, 1.82) is 0 Å². The number of aliphatic hydroxyl groups is 1. The van der Waals surface area contributed by atoms with Crippen LogP contribution < -0.4 is 15.6 Å². The second-order valence-corrected chi connectivity index (χ2v) is 24.1. The molecule has 0 saturated heterocycles. The van der Waals surface area contributed by atoms with Gasteiger partial charge in [-0.15, -0.1) is 22.7 Å². The van der Waals surface area contributed by atoms with Crippen LogP contribution in [0.5, 0.6) is 11.5 Å². The number of aromatic nitrogens is 1. The van der Waals surface area contributed by atoms with Gasteiger partial charge in [-0.3, -0.25) is 4.79 Å². The fourth-order valence-electron chi connectivity index (χ4n) is 7.56. The third-order valence-corrected chi connectivity index (χ3v) is 18.6. The van der Waals surface area contributed by atoms with Crippen LogP contribution in [-0.2, 0) is 26.0 Å². The molecular formula is C46H61N3O7S2Si. The highest BCUT2D eigenvalue weighted by atomic mass is 32.1. The zero-order chi connectivity index (χ0) is 42.4. The fourth-order valence-corrected chi connectivity index (χ4v) is 10.6. The molecule has 0 radical (unpaired) electrons. The van der Waals surface area contributed by atoms with Crippen LogP contribution in [0.25, 0.3) is 10.9 Å². The van der Waals surface area contributed by atoms with Gasteiger partial charge in [0.2, 0.25) is 11.2 Å². The number of H-pyrrole nitrogens is 1. The van der Waals surface area contributed by atoms with E-state index in [9.17, 15) is 19.8 Å². The van der Waals surface area contributed by atoms with Crippen molar-refractivity contribution in [1.82, 2.24) is 15.2 Å². The van der Waals surface area contributed by atoms with Crippen molar-refractivity contribution in [3.8, 4) is 11.5 Å². The Balaban J connectivity index is 0.939. The zero-order valence-corrected chi connectivity index (χ0v) is 38.1. The van der Waals surface area contributed by atoms with Crippen molar-refractivity contribution in [2.75, 3.05) is 26.7 Å². The molecule has 2 atom stereocenters. The maximum atomic E-state index is 13.4. The van der Waals surface area contributed by atoms with Gasteiger partial charge >= 0.3 is 5.97 Å². The average molecular weight is 860 g/mol. The molecule has 13 heteroatoms. The van der Waals surface area contributed by atoms with E-state index < -0.39 is 19.9 Å². The van der Waals surface area contributed by atoms with Crippen LogP contribution in [0.1, 0.15) is 86.8 Å². The summed E-state index contributed by atoms with van der Waals surface area (Å²) in [5.41, 5.74) is 0.541. The van der Waals surface area contributed by atoms with Gasteiger partial charge in [-0.2, -0.15) is 0 Å². The Labute approximate surface area is 357 Å². The highest BCUT2D eigenvalue weighted by Crippen LogP contribution is 2.42. The predicted molar refractivity (Wildman–Crippen MR) is 241 cm³/mol. The van der Waals surface area contributed by atoms with E-state index in [0.717, 1.165) is 61.8 Å². The summed E-state index contributed by atoms with van der Waals surface area (Å²) >= 11 is 2.72. The number of benzene rings is 2. The maximum Gasteiger partial charge on any atom is 0.349 e. The molecule has 1 aliphatic rings. The topological polar surface area (TPSA) is 133 Å². The summed E-state index contributed by atoms with van der Waals surface area (Å²) in [7, 11) is -0.0280. The van der Waals surface area contributed by atoms with Crippen molar-refractivity contribution < 1.29 is 28.9 Å². The second-order valence-electron chi connectivity index (χ2n) is 17.5. The lowest BCUT2D eigenvalue weighted by Gasteiger charge is -2.40. The number of nitrogens with one attached hydrogen (secondary N) is 2. The van der Waals surface area contributed by atoms with Gasteiger partial charge in [-0.05, 0) is 129 Å². The first-order chi connectivity index (χ1) is 28.0. The van der Waals surface area contributed by atoms with Crippen LogP contribution in [0.3, 0.4) is 0 Å². The number of phenolic OH excluding ortho intramolecular Hbond substituents is 1. The fraction of sp³-hybridized carbons (Fsp3) is 0.478.